The predicted octanol–water partition coefficient (Wildman–Crippen LogP) is 3.15. The van der Waals surface area contributed by atoms with Gasteiger partial charge in [-0.25, -0.2) is 5.43 Å². The third-order valence-electron chi connectivity index (χ3n) is 3.20. The number of hydrogen-bond donors (Lipinski definition) is 2. The third kappa shape index (κ3) is 5.20. The molecule has 2 amide bonds. The van der Waals surface area contributed by atoms with Crippen LogP contribution in [0.15, 0.2) is 47.6 Å². The molecule has 2 rings (SSSR count). The van der Waals surface area contributed by atoms with Crippen LogP contribution < -0.4 is 15.6 Å². The zero-order valence-electron chi connectivity index (χ0n) is 13.6. The Morgan fingerprint density at radius 2 is 1.72 bits per heavy atom. The molecule has 0 unspecified atom stereocenters. The van der Waals surface area contributed by atoms with Crippen LogP contribution in [0.1, 0.15) is 5.56 Å². The topological polar surface area (TPSA) is 73.8 Å². The number of carbonyl (C=O) groups excluding carboxylic acids is 2. The van der Waals surface area contributed by atoms with E-state index in [1.54, 1.807) is 12.1 Å². The van der Waals surface area contributed by atoms with E-state index >= 15 is 0 Å². The van der Waals surface area contributed by atoms with Crippen molar-refractivity contribution in [1.29, 1.82) is 0 Å². The number of amides is 2. The minimum Gasteiger partial charge on any atom is -0.378 e. The molecule has 0 aliphatic heterocycles. The summed E-state index contributed by atoms with van der Waals surface area (Å²) in [6.45, 7) is 0. The van der Waals surface area contributed by atoms with E-state index in [1.807, 2.05) is 43.3 Å². The van der Waals surface area contributed by atoms with Gasteiger partial charge in [0.2, 0.25) is 0 Å². The van der Waals surface area contributed by atoms with E-state index in [4.69, 9.17) is 23.2 Å². The van der Waals surface area contributed by atoms with E-state index in [-0.39, 0.29) is 15.7 Å². The Hall–Kier alpha value is -2.57. The highest BCUT2D eigenvalue weighted by Crippen LogP contribution is 2.29. The number of hydrogen-bond acceptors (Lipinski definition) is 4. The fourth-order valence-corrected chi connectivity index (χ4v) is 2.20. The standard InChI is InChI=1S/C17H16Cl2N4O2/c1-23(2)12-8-6-11(7-9-12)10-20-22-17(25)16(24)21-14-5-3-4-13(18)15(14)19/h3-10H,1-2H3,(H,21,24)(H,22,25)/b20-10+. The molecule has 0 saturated carbocycles. The zero-order chi connectivity index (χ0) is 18.4. The van der Waals surface area contributed by atoms with E-state index < -0.39 is 11.8 Å². The molecule has 2 aromatic rings. The van der Waals surface area contributed by atoms with Gasteiger partial charge in [0.25, 0.3) is 0 Å². The van der Waals surface area contributed by atoms with Gasteiger partial charge in [0.05, 0.1) is 21.9 Å². The third-order valence-corrected chi connectivity index (χ3v) is 4.01. The summed E-state index contributed by atoms with van der Waals surface area (Å²) in [6, 6.07) is 12.2. The minimum atomic E-state index is -0.919. The molecular formula is C17H16Cl2N4O2. The highest BCUT2D eigenvalue weighted by Gasteiger charge is 2.15. The fraction of sp³-hybridized carbons (Fsp3) is 0.118. The summed E-state index contributed by atoms with van der Waals surface area (Å²) in [7, 11) is 3.88. The van der Waals surface area contributed by atoms with Crippen LogP contribution in [0.25, 0.3) is 0 Å². The molecule has 25 heavy (non-hydrogen) atoms. The van der Waals surface area contributed by atoms with Crippen molar-refractivity contribution >= 4 is 52.6 Å². The Bertz CT molecular complexity index is 805. The summed E-state index contributed by atoms with van der Waals surface area (Å²) in [5.41, 5.74) is 4.22. The summed E-state index contributed by atoms with van der Waals surface area (Å²) in [6.07, 6.45) is 1.44. The average molecular weight is 379 g/mol. The highest BCUT2D eigenvalue weighted by molar-refractivity contribution is 6.45. The first-order valence-corrected chi connectivity index (χ1v) is 8.00. The monoisotopic (exact) mass is 378 g/mol. The number of carbonyl (C=O) groups is 2. The van der Waals surface area contributed by atoms with E-state index in [9.17, 15) is 9.59 Å². The first-order chi connectivity index (χ1) is 11.9. The van der Waals surface area contributed by atoms with E-state index in [2.05, 4.69) is 15.8 Å². The molecule has 0 aliphatic rings. The van der Waals surface area contributed by atoms with Gasteiger partial charge < -0.3 is 10.2 Å². The van der Waals surface area contributed by atoms with Gasteiger partial charge in [-0.1, -0.05) is 41.4 Å². The van der Waals surface area contributed by atoms with Gasteiger partial charge in [-0.2, -0.15) is 5.10 Å². The number of nitrogens with one attached hydrogen (secondary N) is 2. The maximum atomic E-state index is 11.8. The van der Waals surface area contributed by atoms with Crippen molar-refractivity contribution in [2.75, 3.05) is 24.3 Å². The lowest BCUT2D eigenvalue weighted by Gasteiger charge is -2.11. The van der Waals surface area contributed by atoms with E-state index in [1.165, 1.54) is 12.3 Å². The molecule has 0 saturated heterocycles. The van der Waals surface area contributed by atoms with Gasteiger partial charge >= 0.3 is 11.8 Å². The van der Waals surface area contributed by atoms with Crippen molar-refractivity contribution in [3.63, 3.8) is 0 Å². The Morgan fingerprint density at radius 1 is 1.04 bits per heavy atom. The van der Waals surface area contributed by atoms with Gasteiger partial charge in [-0.05, 0) is 29.8 Å². The van der Waals surface area contributed by atoms with Gasteiger partial charge in [-0.15, -0.1) is 0 Å². The molecule has 8 heteroatoms. The van der Waals surface area contributed by atoms with Gasteiger partial charge in [0, 0.05) is 19.8 Å². The molecule has 2 N–H and O–H groups in total. The van der Waals surface area contributed by atoms with Crippen molar-refractivity contribution in [3.05, 3.63) is 58.1 Å². The number of rotatable bonds is 4. The zero-order valence-corrected chi connectivity index (χ0v) is 15.1. The Balaban J connectivity index is 1.92. The molecule has 0 heterocycles. The van der Waals surface area contributed by atoms with Crippen molar-refractivity contribution in [2.24, 2.45) is 5.10 Å². The minimum absolute atomic E-state index is 0.162. The number of anilines is 2. The van der Waals surface area contributed by atoms with Gasteiger partial charge in [-0.3, -0.25) is 9.59 Å². The quantitative estimate of drug-likeness (QED) is 0.487. The van der Waals surface area contributed by atoms with Crippen LogP contribution in [0.4, 0.5) is 11.4 Å². The van der Waals surface area contributed by atoms with Crippen molar-refractivity contribution in [1.82, 2.24) is 5.43 Å². The molecule has 0 aromatic heterocycles. The summed E-state index contributed by atoms with van der Waals surface area (Å²) >= 11 is 11.8. The van der Waals surface area contributed by atoms with Crippen LogP contribution >= 0.6 is 23.2 Å². The lowest BCUT2D eigenvalue weighted by molar-refractivity contribution is -0.136. The number of hydrazone groups is 1. The van der Waals surface area contributed by atoms with E-state index in [0.717, 1.165) is 11.3 Å². The summed E-state index contributed by atoms with van der Waals surface area (Å²) in [4.78, 5) is 25.6. The van der Waals surface area contributed by atoms with Crippen molar-refractivity contribution < 1.29 is 9.59 Å². The molecule has 130 valence electrons. The average Bonchev–Trinajstić information content (AvgIpc) is 2.59. The maximum Gasteiger partial charge on any atom is 0.329 e. The smallest absolute Gasteiger partial charge is 0.329 e. The second-order valence-electron chi connectivity index (χ2n) is 5.24. The number of halogens is 2. The fourth-order valence-electron chi connectivity index (χ4n) is 1.85. The van der Waals surface area contributed by atoms with Gasteiger partial charge in [0.1, 0.15) is 0 Å². The van der Waals surface area contributed by atoms with Crippen LogP contribution in [0.2, 0.25) is 10.0 Å². The Labute approximate surface area is 155 Å². The lowest BCUT2D eigenvalue weighted by atomic mass is 10.2. The summed E-state index contributed by atoms with van der Waals surface area (Å²) < 4.78 is 0. The molecule has 0 spiro atoms. The van der Waals surface area contributed by atoms with Gasteiger partial charge in [0.15, 0.2) is 0 Å². The molecule has 0 fully saturated rings. The molecule has 2 aromatic carbocycles. The van der Waals surface area contributed by atoms with Crippen LogP contribution in [0.3, 0.4) is 0 Å². The van der Waals surface area contributed by atoms with Crippen LogP contribution in [-0.2, 0) is 9.59 Å². The maximum absolute atomic E-state index is 11.8. The van der Waals surface area contributed by atoms with Crippen LogP contribution in [0, 0.1) is 0 Å². The SMILES string of the molecule is CN(C)c1ccc(/C=N/NC(=O)C(=O)Nc2cccc(Cl)c2Cl)cc1. The Morgan fingerprint density at radius 3 is 2.36 bits per heavy atom. The highest BCUT2D eigenvalue weighted by atomic mass is 35.5. The second kappa shape index (κ2) is 8.50. The summed E-state index contributed by atoms with van der Waals surface area (Å²) in [5.74, 6) is -1.82. The van der Waals surface area contributed by atoms with E-state index in [0.29, 0.717) is 0 Å². The van der Waals surface area contributed by atoms with Crippen LogP contribution in [0.5, 0.6) is 0 Å². The lowest BCUT2D eigenvalue weighted by Crippen LogP contribution is -2.32. The van der Waals surface area contributed by atoms with Crippen LogP contribution in [-0.4, -0.2) is 32.1 Å². The number of nitrogens with zero attached hydrogens (tertiary/aromatic N) is 2. The first kappa shape index (κ1) is 18.8. The molecular weight excluding hydrogens is 363 g/mol. The van der Waals surface area contributed by atoms with Crippen molar-refractivity contribution in [3.8, 4) is 0 Å². The Kier molecular flexibility index (Phi) is 6.38. The molecule has 0 aliphatic carbocycles. The molecule has 0 bridgehead atoms. The summed E-state index contributed by atoms with van der Waals surface area (Å²) in [5, 5.41) is 6.57. The predicted molar refractivity (Wildman–Crippen MR) is 102 cm³/mol. The first-order valence-electron chi connectivity index (χ1n) is 7.24. The number of benzene rings is 2. The normalized spacial score (nSPS) is 10.6. The van der Waals surface area contributed by atoms with Crippen molar-refractivity contribution in [2.45, 2.75) is 0 Å². The molecule has 6 nitrogen and oxygen atoms in total. The molecule has 0 atom stereocenters. The largest absolute Gasteiger partial charge is 0.378 e. The second-order valence-corrected chi connectivity index (χ2v) is 6.03. The molecule has 0 radical (unpaired) electrons.